The van der Waals surface area contributed by atoms with Crippen LogP contribution in [0.3, 0.4) is 0 Å². The standard InChI is InChI=1S/C49H37NO/c1-35-31-33-41(34-32-35)50-46(36-19-7-2-8-20-36)44-45(47(50)37-21-9-3-10-22-37)49(51,40-27-15-6-16-28-40)43-30-18-17-29-42(43)48(44,38-23-11-4-12-24-38)39-25-13-5-14-26-39/h2-34,51H,1H3/t49-/m0/s1. The van der Waals surface area contributed by atoms with Crippen molar-refractivity contribution in [2.75, 3.05) is 0 Å². The molecule has 1 aliphatic rings. The van der Waals surface area contributed by atoms with E-state index in [4.69, 9.17) is 0 Å². The minimum absolute atomic E-state index is 0.805. The Bertz CT molecular complexity index is 2410. The Morgan fingerprint density at radius 2 is 0.784 bits per heavy atom. The van der Waals surface area contributed by atoms with Crippen LogP contribution >= 0.6 is 0 Å². The lowest BCUT2D eigenvalue weighted by Crippen LogP contribution is -2.44. The maximum absolute atomic E-state index is 14.1. The van der Waals surface area contributed by atoms with Crippen LogP contribution in [-0.4, -0.2) is 9.67 Å². The molecular formula is C49H37NO. The highest BCUT2D eigenvalue weighted by molar-refractivity contribution is 5.89. The van der Waals surface area contributed by atoms with E-state index >= 15 is 0 Å². The van der Waals surface area contributed by atoms with Crippen molar-refractivity contribution >= 4 is 0 Å². The van der Waals surface area contributed by atoms with Crippen molar-refractivity contribution in [1.29, 1.82) is 0 Å². The lowest BCUT2D eigenvalue weighted by atomic mass is 9.55. The van der Waals surface area contributed by atoms with E-state index in [2.05, 4.69) is 193 Å². The van der Waals surface area contributed by atoms with Gasteiger partial charge in [-0.1, -0.05) is 194 Å². The third-order valence-electron chi connectivity index (χ3n) is 10.6. The van der Waals surface area contributed by atoms with E-state index in [1.54, 1.807) is 0 Å². The highest BCUT2D eigenvalue weighted by Crippen LogP contribution is 2.62. The Hall–Kier alpha value is -6.22. The molecule has 1 N–H and O–H groups in total. The van der Waals surface area contributed by atoms with Crippen LogP contribution in [0.5, 0.6) is 0 Å². The Kier molecular flexibility index (Phi) is 7.42. The number of aliphatic hydroxyl groups is 1. The molecule has 1 aromatic heterocycles. The quantitative estimate of drug-likeness (QED) is 0.189. The zero-order valence-corrected chi connectivity index (χ0v) is 28.4. The molecule has 0 radical (unpaired) electrons. The monoisotopic (exact) mass is 655 g/mol. The number of fused-ring (bicyclic) bond motifs is 2. The molecule has 9 rings (SSSR count). The summed E-state index contributed by atoms with van der Waals surface area (Å²) in [5.74, 6) is 0. The van der Waals surface area contributed by atoms with Crippen molar-refractivity contribution < 1.29 is 5.11 Å². The SMILES string of the molecule is Cc1ccc(-n2c(-c3ccccc3)c3c(c2-c2ccccc2)[C@](O)(c2ccccc2)c2ccccc2C3(c2ccccc2)c2ccccc2)cc1. The Balaban J connectivity index is 1.62. The molecule has 0 spiro atoms. The van der Waals surface area contributed by atoms with Crippen LogP contribution in [0.4, 0.5) is 0 Å². The van der Waals surface area contributed by atoms with Gasteiger partial charge < -0.3 is 9.67 Å². The molecule has 7 aromatic carbocycles. The predicted molar refractivity (Wildman–Crippen MR) is 208 cm³/mol. The van der Waals surface area contributed by atoms with Crippen molar-refractivity contribution in [2.45, 2.75) is 17.9 Å². The van der Waals surface area contributed by atoms with Gasteiger partial charge in [-0.2, -0.15) is 0 Å². The van der Waals surface area contributed by atoms with Gasteiger partial charge in [0.05, 0.1) is 16.8 Å². The van der Waals surface area contributed by atoms with Gasteiger partial charge in [-0.3, -0.25) is 0 Å². The predicted octanol–water partition coefficient (Wildman–Crippen LogP) is 11.1. The first-order valence-corrected chi connectivity index (χ1v) is 17.6. The molecule has 0 unspecified atom stereocenters. The summed E-state index contributed by atoms with van der Waals surface area (Å²) in [5, 5.41) is 14.1. The fourth-order valence-corrected chi connectivity index (χ4v) is 8.50. The first-order valence-electron chi connectivity index (χ1n) is 17.6. The minimum atomic E-state index is -1.51. The second-order valence-electron chi connectivity index (χ2n) is 13.5. The summed E-state index contributed by atoms with van der Waals surface area (Å²) in [4.78, 5) is 0. The van der Waals surface area contributed by atoms with Crippen LogP contribution < -0.4 is 0 Å². The van der Waals surface area contributed by atoms with Crippen LogP contribution in [0.15, 0.2) is 200 Å². The van der Waals surface area contributed by atoms with Gasteiger partial charge in [0.25, 0.3) is 0 Å². The first-order chi connectivity index (χ1) is 25.1. The van der Waals surface area contributed by atoms with Crippen LogP contribution in [0.1, 0.15) is 44.5 Å². The topological polar surface area (TPSA) is 25.2 Å². The normalized spacial score (nSPS) is 15.9. The highest BCUT2D eigenvalue weighted by Gasteiger charge is 2.56. The number of nitrogens with zero attached hydrogens (tertiary/aromatic N) is 1. The Labute approximate surface area is 299 Å². The summed E-state index contributed by atoms with van der Waals surface area (Å²) in [7, 11) is 0. The van der Waals surface area contributed by atoms with Gasteiger partial charge in [0.1, 0.15) is 5.60 Å². The van der Waals surface area contributed by atoms with Crippen molar-refractivity contribution in [2.24, 2.45) is 0 Å². The number of aromatic nitrogens is 1. The molecule has 0 amide bonds. The lowest BCUT2D eigenvalue weighted by molar-refractivity contribution is 0.119. The average Bonchev–Trinajstić information content (AvgIpc) is 3.57. The van der Waals surface area contributed by atoms with Gasteiger partial charge >= 0.3 is 0 Å². The molecule has 1 aliphatic carbocycles. The molecule has 0 saturated heterocycles. The second-order valence-corrected chi connectivity index (χ2v) is 13.5. The molecular weight excluding hydrogens is 619 g/mol. The molecule has 0 saturated carbocycles. The molecule has 244 valence electrons. The number of aryl methyl sites for hydroxylation is 1. The summed E-state index contributed by atoms with van der Waals surface area (Å²) in [5.41, 5.74) is 11.0. The van der Waals surface area contributed by atoms with Crippen molar-refractivity contribution in [3.05, 3.63) is 245 Å². The number of hydrogen-bond donors (Lipinski definition) is 1. The molecule has 1 atom stereocenters. The molecule has 2 nitrogen and oxygen atoms in total. The van der Waals surface area contributed by atoms with Gasteiger partial charge in [0.15, 0.2) is 0 Å². The molecule has 0 bridgehead atoms. The fraction of sp³-hybridized carbons (Fsp3) is 0.0612. The summed E-state index contributed by atoms with van der Waals surface area (Å²) in [6.45, 7) is 2.13. The lowest BCUT2D eigenvalue weighted by Gasteiger charge is -2.47. The van der Waals surface area contributed by atoms with E-state index < -0.39 is 11.0 Å². The maximum Gasteiger partial charge on any atom is 0.143 e. The maximum atomic E-state index is 14.1. The van der Waals surface area contributed by atoms with Crippen LogP contribution in [0.2, 0.25) is 0 Å². The molecule has 1 heterocycles. The average molecular weight is 656 g/mol. The van der Waals surface area contributed by atoms with Crippen molar-refractivity contribution in [3.8, 4) is 28.2 Å². The summed E-state index contributed by atoms with van der Waals surface area (Å²) >= 11 is 0. The largest absolute Gasteiger partial charge is 0.376 e. The third kappa shape index (κ3) is 4.61. The van der Waals surface area contributed by atoms with Gasteiger partial charge in [-0.05, 0) is 58.0 Å². The smallest absolute Gasteiger partial charge is 0.143 e. The van der Waals surface area contributed by atoms with E-state index in [9.17, 15) is 5.11 Å². The molecule has 51 heavy (non-hydrogen) atoms. The van der Waals surface area contributed by atoms with E-state index in [-0.39, 0.29) is 0 Å². The number of rotatable bonds is 6. The Morgan fingerprint density at radius 3 is 1.27 bits per heavy atom. The summed E-state index contributed by atoms with van der Waals surface area (Å²) < 4.78 is 2.41. The molecule has 2 heteroatoms. The second kappa shape index (κ2) is 12.3. The van der Waals surface area contributed by atoms with E-state index in [0.717, 1.165) is 67.1 Å². The van der Waals surface area contributed by atoms with Gasteiger partial charge in [0.2, 0.25) is 0 Å². The van der Waals surface area contributed by atoms with Gasteiger partial charge in [-0.25, -0.2) is 0 Å². The summed E-state index contributed by atoms with van der Waals surface area (Å²) in [6.07, 6.45) is 0. The third-order valence-corrected chi connectivity index (χ3v) is 10.6. The van der Waals surface area contributed by atoms with Crippen LogP contribution in [-0.2, 0) is 11.0 Å². The van der Waals surface area contributed by atoms with Gasteiger partial charge in [0, 0.05) is 16.8 Å². The molecule has 8 aromatic rings. The fourth-order valence-electron chi connectivity index (χ4n) is 8.50. The zero-order valence-electron chi connectivity index (χ0n) is 28.4. The van der Waals surface area contributed by atoms with Crippen LogP contribution in [0, 0.1) is 6.92 Å². The van der Waals surface area contributed by atoms with Crippen molar-refractivity contribution in [1.82, 2.24) is 4.57 Å². The van der Waals surface area contributed by atoms with E-state index in [1.165, 1.54) is 5.56 Å². The number of hydrogen-bond acceptors (Lipinski definition) is 1. The van der Waals surface area contributed by atoms with E-state index in [1.807, 2.05) is 18.2 Å². The van der Waals surface area contributed by atoms with Crippen LogP contribution in [0.25, 0.3) is 28.2 Å². The summed E-state index contributed by atoms with van der Waals surface area (Å²) in [6, 6.07) is 70.6. The number of benzene rings is 7. The van der Waals surface area contributed by atoms with E-state index in [0.29, 0.717) is 0 Å². The van der Waals surface area contributed by atoms with Crippen molar-refractivity contribution in [3.63, 3.8) is 0 Å². The van der Waals surface area contributed by atoms with Gasteiger partial charge in [-0.15, -0.1) is 0 Å². The zero-order chi connectivity index (χ0) is 34.4. The molecule has 0 fully saturated rings. The minimum Gasteiger partial charge on any atom is -0.376 e. The highest BCUT2D eigenvalue weighted by atomic mass is 16.3. The molecule has 0 aliphatic heterocycles. The first kappa shape index (κ1) is 30.8. The Morgan fingerprint density at radius 1 is 0.392 bits per heavy atom.